The second-order valence-corrected chi connectivity index (χ2v) is 5.81. The van der Waals surface area contributed by atoms with Crippen molar-refractivity contribution in [2.75, 3.05) is 6.54 Å². The molecule has 3 rings (SSSR count). The second kappa shape index (κ2) is 6.66. The maximum atomic E-state index is 12.3. The summed E-state index contributed by atoms with van der Waals surface area (Å²) in [7, 11) is 0. The van der Waals surface area contributed by atoms with Gasteiger partial charge in [0.25, 0.3) is 5.91 Å². The fourth-order valence-electron chi connectivity index (χ4n) is 2.60. The molecule has 0 aliphatic carbocycles. The van der Waals surface area contributed by atoms with Gasteiger partial charge in [0.05, 0.1) is 17.4 Å². The molecule has 0 saturated heterocycles. The number of pyridine rings is 1. The maximum Gasteiger partial charge on any atom is 0.269 e. The van der Waals surface area contributed by atoms with E-state index < -0.39 is 0 Å². The molecule has 0 unspecified atom stereocenters. The van der Waals surface area contributed by atoms with Gasteiger partial charge in [0, 0.05) is 18.4 Å². The topological polar surface area (TPSA) is 88.5 Å². The van der Waals surface area contributed by atoms with Crippen molar-refractivity contribution in [3.8, 4) is 11.4 Å². The Morgan fingerprint density at radius 3 is 2.79 bits per heavy atom. The quantitative estimate of drug-likeness (QED) is 0.753. The van der Waals surface area contributed by atoms with E-state index >= 15 is 0 Å². The van der Waals surface area contributed by atoms with Gasteiger partial charge in [0.2, 0.25) is 0 Å². The molecule has 3 aromatic rings. The lowest BCUT2D eigenvalue weighted by atomic mass is 10.2. The van der Waals surface area contributed by atoms with Crippen LogP contribution in [0.2, 0.25) is 0 Å². The van der Waals surface area contributed by atoms with E-state index in [0.29, 0.717) is 17.9 Å². The van der Waals surface area contributed by atoms with Crippen molar-refractivity contribution < 1.29 is 4.79 Å². The minimum atomic E-state index is -0.196. The second-order valence-electron chi connectivity index (χ2n) is 5.81. The Morgan fingerprint density at radius 1 is 1.29 bits per heavy atom. The van der Waals surface area contributed by atoms with E-state index in [9.17, 15) is 4.79 Å². The molecule has 24 heavy (non-hydrogen) atoms. The van der Waals surface area contributed by atoms with E-state index in [1.54, 1.807) is 12.3 Å². The zero-order chi connectivity index (χ0) is 17.1. The monoisotopic (exact) mass is 324 g/mol. The summed E-state index contributed by atoms with van der Waals surface area (Å²) in [6, 6.07) is 9.36. The largest absolute Gasteiger partial charge is 0.349 e. The van der Waals surface area contributed by atoms with Crippen LogP contribution < -0.4 is 5.32 Å². The number of rotatable bonds is 5. The molecule has 0 fully saturated rings. The first-order chi connectivity index (χ1) is 11.5. The summed E-state index contributed by atoms with van der Waals surface area (Å²) >= 11 is 0. The number of H-pyrrole nitrogens is 1. The highest BCUT2D eigenvalue weighted by atomic mass is 16.1. The number of aromatic nitrogens is 5. The van der Waals surface area contributed by atoms with E-state index in [-0.39, 0.29) is 11.9 Å². The first-order valence-corrected chi connectivity index (χ1v) is 7.82. The molecule has 0 radical (unpaired) electrons. The zero-order valence-electron chi connectivity index (χ0n) is 13.9. The SMILES string of the molecule is Cc1cc(C)n([C@@H](C)CNC(=O)c2cc(-c3ccccn3)n[nH]2)n1. The van der Waals surface area contributed by atoms with E-state index in [1.165, 1.54) is 0 Å². The molecular weight excluding hydrogens is 304 g/mol. The number of nitrogens with one attached hydrogen (secondary N) is 2. The minimum Gasteiger partial charge on any atom is -0.349 e. The minimum absolute atomic E-state index is 0.0702. The average molecular weight is 324 g/mol. The highest BCUT2D eigenvalue weighted by molar-refractivity contribution is 5.93. The normalized spacial score (nSPS) is 12.1. The van der Waals surface area contributed by atoms with E-state index in [1.807, 2.05) is 49.7 Å². The van der Waals surface area contributed by atoms with Crippen LogP contribution in [0, 0.1) is 13.8 Å². The van der Waals surface area contributed by atoms with Crippen molar-refractivity contribution in [3.05, 3.63) is 53.6 Å². The molecule has 2 N–H and O–H groups in total. The van der Waals surface area contributed by atoms with Gasteiger partial charge in [0.15, 0.2) is 0 Å². The number of hydrogen-bond donors (Lipinski definition) is 2. The standard InChI is InChI=1S/C17H20N6O/c1-11-8-12(2)23(22-11)13(3)10-19-17(24)16-9-15(20-21-16)14-6-4-5-7-18-14/h4-9,13H,10H2,1-3H3,(H,19,24)(H,20,21)/t13-/m0/s1. The predicted octanol–water partition coefficient (Wildman–Crippen LogP) is 2.28. The lowest BCUT2D eigenvalue weighted by Gasteiger charge is -2.14. The van der Waals surface area contributed by atoms with Gasteiger partial charge in [-0.15, -0.1) is 0 Å². The summed E-state index contributed by atoms with van der Waals surface area (Å²) in [5.41, 5.74) is 3.83. The first kappa shape index (κ1) is 15.9. The van der Waals surface area contributed by atoms with Gasteiger partial charge in [-0.1, -0.05) is 6.07 Å². The summed E-state index contributed by atoms with van der Waals surface area (Å²) in [5.74, 6) is -0.196. The molecule has 1 amide bonds. The Kier molecular flexibility index (Phi) is 4.41. The van der Waals surface area contributed by atoms with Crippen LogP contribution in [0.25, 0.3) is 11.4 Å². The van der Waals surface area contributed by atoms with Crippen LogP contribution in [-0.4, -0.2) is 37.4 Å². The van der Waals surface area contributed by atoms with Crippen molar-refractivity contribution >= 4 is 5.91 Å². The van der Waals surface area contributed by atoms with Crippen molar-refractivity contribution in [1.29, 1.82) is 0 Å². The van der Waals surface area contributed by atoms with E-state index in [0.717, 1.165) is 17.1 Å². The van der Waals surface area contributed by atoms with Gasteiger partial charge in [-0.05, 0) is 45.0 Å². The summed E-state index contributed by atoms with van der Waals surface area (Å²) in [6.45, 7) is 6.47. The van der Waals surface area contributed by atoms with Crippen molar-refractivity contribution in [3.63, 3.8) is 0 Å². The summed E-state index contributed by atoms with van der Waals surface area (Å²) < 4.78 is 1.92. The molecule has 0 aromatic carbocycles. The number of aromatic amines is 1. The number of carbonyl (C=O) groups excluding carboxylic acids is 1. The molecule has 7 heteroatoms. The summed E-state index contributed by atoms with van der Waals surface area (Å²) in [5, 5.41) is 14.3. The third-order valence-corrected chi connectivity index (χ3v) is 3.77. The van der Waals surface area contributed by atoms with Crippen LogP contribution in [-0.2, 0) is 0 Å². The van der Waals surface area contributed by atoms with Gasteiger partial charge in [-0.3, -0.25) is 19.6 Å². The van der Waals surface area contributed by atoms with Gasteiger partial charge in [0.1, 0.15) is 11.4 Å². The molecule has 124 valence electrons. The molecule has 3 aromatic heterocycles. The third-order valence-electron chi connectivity index (χ3n) is 3.77. The molecule has 0 spiro atoms. The Morgan fingerprint density at radius 2 is 2.12 bits per heavy atom. The number of nitrogens with zero attached hydrogens (tertiary/aromatic N) is 4. The zero-order valence-corrected chi connectivity index (χ0v) is 13.9. The van der Waals surface area contributed by atoms with Crippen LogP contribution in [0.3, 0.4) is 0 Å². The number of amides is 1. The third kappa shape index (κ3) is 3.34. The Bertz CT molecular complexity index is 836. The van der Waals surface area contributed by atoms with Crippen LogP contribution in [0.5, 0.6) is 0 Å². The van der Waals surface area contributed by atoms with E-state index in [2.05, 4.69) is 25.6 Å². The molecular formula is C17H20N6O. The summed E-state index contributed by atoms with van der Waals surface area (Å²) in [6.07, 6.45) is 1.69. The Hall–Kier alpha value is -2.96. The lowest BCUT2D eigenvalue weighted by molar-refractivity contribution is 0.0942. The highest BCUT2D eigenvalue weighted by Crippen LogP contribution is 2.14. The highest BCUT2D eigenvalue weighted by Gasteiger charge is 2.14. The number of carbonyl (C=O) groups is 1. The average Bonchev–Trinajstić information content (AvgIpc) is 3.20. The van der Waals surface area contributed by atoms with Crippen molar-refractivity contribution in [1.82, 2.24) is 30.3 Å². The molecule has 1 atom stereocenters. The predicted molar refractivity (Wildman–Crippen MR) is 90.6 cm³/mol. The molecule has 7 nitrogen and oxygen atoms in total. The molecule has 0 aliphatic heterocycles. The van der Waals surface area contributed by atoms with Gasteiger partial charge in [-0.2, -0.15) is 10.2 Å². The fraction of sp³-hybridized carbons (Fsp3) is 0.294. The van der Waals surface area contributed by atoms with Crippen LogP contribution in [0.15, 0.2) is 36.5 Å². The van der Waals surface area contributed by atoms with Gasteiger partial charge in [-0.25, -0.2) is 0 Å². The van der Waals surface area contributed by atoms with Crippen LogP contribution >= 0.6 is 0 Å². The van der Waals surface area contributed by atoms with Crippen molar-refractivity contribution in [2.24, 2.45) is 0 Å². The Labute approximate surface area is 140 Å². The Balaban J connectivity index is 1.63. The molecule has 0 aliphatic rings. The fourth-order valence-corrected chi connectivity index (χ4v) is 2.60. The van der Waals surface area contributed by atoms with E-state index in [4.69, 9.17) is 0 Å². The number of hydrogen-bond acceptors (Lipinski definition) is 4. The summed E-state index contributed by atoms with van der Waals surface area (Å²) in [4.78, 5) is 16.5. The lowest BCUT2D eigenvalue weighted by Crippen LogP contribution is -2.30. The molecule has 3 heterocycles. The number of aryl methyl sites for hydroxylation is 2. The van der Waals surface area contributed by atoms with Crippen LogP contribution in [0.4, 0.5) is 0 Å². The molecule has 0 bridgehead atoms. The molecule has 0 saturated carbocycles. The maximum absolute atomic E-state index is 12.3. The van der Waals surface area contributed by atoms with Crippen LogP contribution in [0.1, 0.15) is 34.8 Å². The van der Waals surface area contributed by atoms with Crippen molar-refractivity contribution in [2.45, 2.75) is 26.8 Å². The smallest absolute Gasteiger partial charge is 0.269 e. The van der Waals surface area contributed by atoms with Gasteiger partial charge >= 0.3 is 0 Å². The first-order valence-electron chi connectivity index (χ1n) is 7.82. The van der Waals surface area contributed by atoms with Gasteiger partial charge < -0.3 is 5.32 Å².